The van der Waals surface area contributed by atoms with Gasteiger partial charge in [0.15, 0.2) is 34.9 Å². The Kier molecular flexibility index (Phi) is 7.22. The SMILES string of the molecule is c1ccc(-c2nc(-c3ccccc3)nc(-c3cccc4c3sc3cccc(-c5nc(-c6ccccc6)nc(-c6ccccc6)n5)c34)n2)cc1. The maximum absolute atomic E-state index is 5.06. The average molecular weight is 647 g/mol. The highest BCUT2D eigenvalue weighted by molar-refractivity contribution is 7.26. The van der Waals surface area contributed by atoms with Gasteiger partial charge in [-0.15, -0.1) is 11.3 Å². The van der Waals surface area contributed by atoms with Crippen LogP contribution in [0, 0.1) is 0 Å². The van der Waals surface area contributed by atoms with Gasteiger partial charge in [0.2, 0.25) is 0 Å². The van der Waals surface area contributed by atoms with Crippen LogP contribution in [-0.2, 0) is 0 Å². The molecule has 3 heterocycles. The zero-order valence-corrected chi connectivity index (χ0v) is 26.9. The van der Waals surface area contributed by atoms with Crippen molar-refractivity contribution in [1.82, 2.24) is 29.9 Å². The number of hydrogen-bond acceptors (Lipinski definition) is 7. The number of thiophene rings is 1. The molecule has 6 nitrogen and oxygen atoms in total. The van der Waals surface area contributed by atoms with E-state index in [0.29, 0.717) is 34.9 Å². The zero-order valence-electron chi connectivity index (χ0n) is 26.1. The van der Waals surface area contributed by atoms with Crippen molar-refractivity contribution < 1.29 is 0 Å². The van der Waals surface area contributed by atoms with Gasteiger partial charge in [-0.2, -0.15) is 0 Å². The third-order valence-corrected chi connectivity index (χ3v) is 9.61. The third-order valence-electron chi connectivity index (χ3n) is 8.40. The molecule has 0 aliphatic rings. The third kappa shape index (κ3) is 5.42. The van der Waals surface area contributed by atoms with Crippen molar-refractivity contribution in [2.24, 2.45) is 0 Å². The summed E-state index contributed by atoms with van der Waals surface area (Å²) in [5.41, 5.74) is 5.65. The molecule has 0 bridgehead atoms. The molecule has 0 spiro atoms. The topological polar surface area (TPSA) is 77.3 Å². The van der Waals surface area contributed by atoms with E-state index in [1.807, 2.05) is 121 Å². The summed E-state index contributed by atoms with van der Waals surface area (Å²) in [4.78, 5) is 30.0. The van der Waals surface area contributed by atoms with E-state index in [1.54, 1.807) is 11.3 Å². The standard InChI is InChI=1S/C42H26N6S/c1-5-15-27(16-6-1)37-43-38(28-17-7-2-8-18-28)46-41(45-37)32-24-14-26-34-35(32)31-23-13-25-33(36(31)49-34)42-47-39(29-19-9-3-10-20-29)44-40(48-42)30-21-11-4-12-22-30/h1-26H. The second kappa shape index (κ2) is 12.3. The lowest BCUT2D eigenvalue weighted by molar-refractivity contribution is 1.08. The van der Waals surface area contributed by atoms with Crippen molar-refractivity contribution in [2.75, 3.05) is 0 Å². The highest BCUT2D eigenvalue weighted by atomic mass is 32.1. The van der Waals surface area contributed by atoms with Gasteiger partial charge in [0, 0.05) is 53.6 Å². The van der Waals surface area contributed by atoms with E-state index < -0.39 is 0 Å². The summed E-state index contributed by atoms with van der Waals surface area (Å²) in [6, 6.07) is 52.9. The Morgan fingerprint density at radius 3 is 1.12 bits per heavy atom. The minimum absolute atomic E-state index is 0.626. The fraction of sp³-hybridized carbons (Fsp3) is 0. The van der Waals surface area contributed by atoms with E-state index >= 15 is 0 Å². The second-order valence-corrected chi connectivity index (χ2v) is 12.6. The molecule has 0 N–H and O–H groups in total. The monoisotopic (exact) mass is 646 g/mol. The largest absolute Gasteiger partial charge is 0.208 e. The molecule has 0 unspecified atom stereocenters. The van der Waals surface area contributed by atoms with Crippen molar-refractivity contribution in [3.05, 3.63) is 158 Å². The zero-order chi connectivity index (χ0) is 32.6. The molecule has 0 atom stereocenters. The van der Waals surface area contributed by atoms with E-state index in [0.717, 1.165) is 53.6 Å². The predicted octanol–water partition coefficient (Wildman–Crippen LogP) is 10.4. The molecular formula is C42H26N6S. The summed E-state index contributed by atoms with van der Waals surface area (Å²) < 4.78 is 2.22. The Hall–Kier alpha value is -6.44. The Labute approximate surface area is 286 Å². The molecule has 0 fully saturated rings. The number of fused-ring (bicyclic) bond motifs is 3. The van der Waals surface area contributed by atoms with E-state index in [2.05, 4.69) is 36.4 Å². The molecule has 0 saturated heterocycles. The van der Waals surface area contributed by atoms with E-state index in [1.165, 1.54) is 0 Å². The Bertz CT molecular complexity index is 2470. The normalized spacial score (nSPS) is 11.3. The van der Waals surface area contributed by atoms with E-state index in [4.69, 9.17) is 29.9 Å². The minimum Gasteiger partial charge on any atom is -0.208 e. The summed E-state index contributed by atoms with van der Waals surface area (Å²) >= 11 is 1.72. The summed E-state index contributed by atoms with van der Waals surface area (Å²) in [6.07, 6.45) is 0. The first-order valence-electron chi connectivity index (χ1n) is 16.0. The lowest BCUT2D eigenvalue weighted by Gasteiger charge is -2.10. The van der Waals surface area contributed by atoms with Gasteiger partial charge in [0.25, 0.3) is 0 Å². The molecule has 0 aliphatic carbocycles. The van der Waals surface area contributed by atoms with Crippen molar-refractivity contribution in [3.8, 4) is 68.3 Å². The van der Waals surface area contributed by atoms with Crippen LogP contribution in [0.4, 0.5) is 0 Å². The van der Waals surface area contributed by atoms with Crippen LogP contribution in [0.15, 0.2) is 158 Å². The van der Waals surface area contributed by atoms with Crippen molar-refractivity contribution in [3.63, 3.8) is 0 Å². The lowest BCUT2D eigenvalue weighted by Crippen LogP contribution is -2.00. The number of benzene rings is 6. The average Bonchev–Trinajstić information content (AvgIpc) is 3.58. The molecule has 0 radical (unpaired) electrons. The maximum Gasteiger partial charge on any atom is 0.165 e. The Balaban J connectivity index is 1.26. The fourth-order valence-electron chi connectivity index (χ4n) is 6.07. The molecule has 0 saturated carbocycles. The van der Waals surface area contributed by atoms with Gasteiger partial charge < -0.3 is 0 Å². The molecule has 7 heteroatoms. The van der Waals surface area contributed by atoms with Crippen LogP contribution in [0.25, 0.3) is 88.5 Å². The Morgan fingerprint density at radius 2 is 0.673 bits per heavy atom. The molecule has 9 aromatic rings. The highest BCUT2D eigenvalue weighted by Crippen LogP contribution is 2.43. The summed E-state index contributed by atoms with van der Waals surface area (Å²) in [7, 11) is 0. The smallest absolute Gasteiger partial charge is 0.165 e. The first-order chi connectivity index (χ1) is 24.3. The summed E-state index contributed by atoms with van der Waals surface area (Å²) in [5, 5.41) is 2.19. The van der Waals surface area contributed by atoms with Crippen LogP contribution < -0.4 is 0 Å². The van der Waals surface area contributed by atoms with Crippen molar-refractivity contribution in [1.29, 1.82) is 0 Å². The fourth-order valence-corrected chi connectivity index (χ4v) is 7.31. The molecular weight excluding hydrogens is 621 g/mol. The number of nitrogens with zero attached hydrogens (tertiary/aromatic N) is 6. The molecule has 0 aliphatic heterocycles. The van der Waals surface area contributed by atoms with Crippen LogP contribution >= 0.6 is 11.3 Å². The summed E-state index contributed by atoms with van der Waals surface area (Å²) in [5.74, 6) is 3.79. The van der Waals surface area contributed by atoms with E-state index in [-0.39, 0.29) is 0 Å². The van der Waals surface area contributed by atoms with Gasteiger partial charge in [-0.1, -0.05) is 146 Å². The van der Waals surface area contributed by atoms with Crippen LogP contribution in [0.5, 0.6) is 0 Å². The van der Waals surface area contributed by atoms with Crippen LogP contribution in [0.2, 0.25) is 0 Å². The molecule has 9 rings (SSSR count). The van der Waals surface area contributed by atoms with Gasteiger partial charge in [-0.3, -0.25) is 0 Å². The summed E-state index contributed by atoms with van der Waals surface area (Å²) in [6.45, 7) is 0. The first kappa shape index (κ1) is 28.8. The van der Waals surface area contributed by atoms with E-state index in [9.17, 15) is 0 Å². The predicted molar refractivity (Wildman–Crippen MR) is 199 cm³/mol. The van der Waals surface area contributed by atoms with Crippen molar-refractivity contribution >= 4 is 31.5 Å². The van der Waals surface area contributed by atoms with Gasteiger partial charge in [0.05, 0.1) is 0 Å². The molecule has 49 heavy (non-hydrogen) atoms. The first-order valence-corrected chi connectivity index (χ1v) is 16.8. The van der Waals surface area contributed by atoms with Crippen LogP contribution in [0.1, 0.15) is 0 Å². The number of hydrogen-bond donors (Lipinski definition) is 0. The quantitative estimate of drug-likeness (QED) is 0.179. The molecule has 0 amide bonds. The molecule has 230 valence electrons. The highest BCUT2D eigenvalue weighted by Gasteiger charge is 2.20. The lowest BCUT2D eigenvalue weighted by atomic mass is 10.0. The second-order valence-electron chi connectivity index (χ2n) is 11.5. The van der Waals surface area contributed by atoms with Crippen molar-refractivity contribution in [2.45, 2.75) is 0 Å². The maximum atomic E-state index is 5.06. The minimum atomic E-state index is 0.626. The number of aromatic nitrogens is 6. The Morgan fingerprint density at radius 1 is 0.306 bits per heavy atom. The molecule has 6 aromatic carbocycles. The van der Waals surface area contributed by atoms with Gasteiger partial charge in [-0.25, -0.2) is 29.9 Å². The van der Waals surface area contributed by atoms with Gasteiger partial charge in [0.1, 0.15) is 0 Å². The number of rotatable bonds is 6. The molecule has 3 aromatic heterocycles. The van der Waals surface area contributed by atoms with Gasteiger partial charge in [-0.05, 0) is 12.1 Å². The van der Waals surface area contributed by atoms with Gasteiger partial charge >= 0.3 is 0 Å². The van der Waals surface area contributed by atoms with Crippen LogP contribution in [-0.4, -0.2) is 29.9 Å². The van der Waals surface area contributed by atoms with Crippen LogP contribution in [0.3, 0.4) is 0 Å².